The molecule has 0 aliphatic carbocycles. The zero-order chi connectivity index (χ0) is 11.9. The number of aryl methyl sites for hydroxylation is 1. The molecule has 0 atom stereocenters. The predicted octanol–water partition coefficient (Wildman–Crippen LogP) is 5.64. The lowest BCUT2D eigenvalue weighted by atomic mass is 10.3. The maximum absolute atomic E-state index is 12.2. The third kappa shape index (κ3) is 2.51. The van der Waals surface area contributed by atoms with E-state index in [2.05, 4.69) is 47.8 Å². The minimum absolute atomic E-state index is 0.0707. The first-order valence-electron chi connectivity index (χ1n) is 4.24. The molecule has 2 aromatic rings. The topological polar surface area (TPSA) is 17.1 Å². The quantitative estimate of drug-likeness (QED) is 0.548. The van der Waals surface area contributed by atoms with Gasteiger partial charge in [0, 0.05) is 13.8 Å². The molecular weight excluding hydrogens is 440 g/mol. The largest absolute Gasteiger partial charge is 0.287 e. The molecule has 2 aromatic heterocycles. The Labute approximate surface area is 126 Å². The lowest BCUT2D eigenvalue weighted by molar-refractivity contribution is 0.104. The fraction of sp³-hybridized carbons (Fsp3) is 0.100. The molecule has 0 bridgehead atoms. The van der Waals surface area contributed by atoms with Crippen LogP contribution in [0.25, 0.3) is 0 Å². The lowest BCUT2D eigenvalue weighted by Gasteiger charge is -1.93. The van der Waals surface area contributed by atoms with Crippen molar-refractivity contribution in [2.24, 2.45) is 0 Å². The number of thiophene rings is 2. The fourth-order valence-electron chi connectivity index (χ4n) is 1.21. The SMILES string of the molecule is Cc1cc(Br)c(C(=O)c2cc(Br)c(Br)s2)s1. The van der Waals surface area contributed by atoms with Gasteiger partial charge in [-0.15, -0.1) is 22.7 Å². The maximum Gasteiger partial charge on any atom is 0.214 e. The molecule has 2 rings (SSSR count). The number of halogens is 3. The Balaban J connectivity index is 2.42. The zero-order valence-electron chi connectivity index (χ0n) is 8.01. The molecule has 16 heavy (non-hydrogen) atoms. The van der Waals surface area contributed by atoms with E-state index < -0.39 is 0 Å². The highest BCUT2D eigenvalue weighted by Gasteiger charge is 2.18. The van der Waals surface area contributed by atoms with Gasteiger partial charge in [0.2, 0.25) is 5.78 Å². The van der Waals surface area contributed by atoms with Crippen molar-refractivity contribution in [1.29, 1.82) is 0 Å². The molecule has 0 saturated carbocycles. The highest BCUT2D eigenvalue weighted by atomic mass is 79.9. The Hall–Kier alpha value is 0.510. The Morgan fingerprint density at radius 2 is 1.81 bits per heavy atom. The van der Waals surface area contributed by atoms with Crippen molar-refractivity contribution in [2.45, 2.75) is 6.92 Å². The average molecular weight is 445 g/mol. The molecule has 6 heteroatoms. The standard InChI is InChI=1S/C10H5Br3OS2/c1-4-2-5(11)9(15-4)8(14)7-3-6(12)10(13)16-7/h2-3H,1H3. The summed E-state index contributed by atoms with van der Waals surface area (Å²) in [6, 6.07) is 3.81. The van der Waals surface area contributed by atoms with Gasteiger partial charge in [0.05, 0.1) is 13.5 Å². The Morgan fingerprint density at radius 1 is 1.12 bits per heavy atom. The third-order valence-electron chi connectivity index (χ3n) is 1.89. The van der Waals surface area contributed by atoms with Gasteiger partial charge in [-0.3, -0.25) is 4.79 Å². The lowest BCUT2D eigenvalue weighted by Crippen LogP contribution is -1.95. The van der Waals surface area contributed by atoms with E-state index >= 15 is 0 Å². The van der Waals surface area contributed by atoms with Gasteiger partial charge in [0.15, 0.2) is 0 Å². The molecule has 0 aromatic carbocycles. The van der Waals surface area contributed by atoms with Crippen LogP contribution in [0, 0.1) is 6.92 Å². The van der Waals surface area contributed by atoms with Crippen molar-refractivity contribution < 1.29 is 4.79 Å². The minimum Gasteiger partial charge on any atom is -0.287 e. The first-order chi connectivity index (χ1) is 7.49. The van der Waals surface area contributed by atoms with Crippen LogP contribution in [-0.4, -0.2) is 5.78 Å². The van der Waals surface area contributed by atoms with E-state index in [1.54, 1.807) is 0 Å². The van der Waals surface area contributed by atoms with Crippen LogP contribution in [0.1, 0.15) is 19.4 Å². The summed E-state index contributed by atoms with van der Waals surface area (Å²) in [6.45, 7) is 1.99. The minimum atomic E-state index is 0.0707. The van der Waals surface area contributed by atoms with Crippen LogP contribution in [0.5, 0.6) is 0 Å². The summed E-state index contributed by atoms with van der Waals surface area (Å²) in [6.07, 6.45) is 0. The highest BCUT2D eigenvalue weighted by Crippen LogP contribution is 2.36. The smallest absolute Gasteiger partial charge is 0.214 e. The van der Waals surface area contributed by atoms with Gasteiger partial charge >= 0.3 is 0 Å². The van der Waals surface area contributed by atoms with Gasteiger partial charge in [-0.2, -0.15) is 0 Å². The van der Waals surface area contributed by atoms with E-state index in [0.717, 1.165) is 27.4 Å². The highest BCUT2D eigenvalue weighted by molar-refractivity contribution is 9.13. The third-order valence-corrected chi connectivity index (χ3v) is 7.08. The van der Waals surface area contributed by atoms with Gasteiger partial charge in [0.25, 0.3) is 0 Å². The molecule has 0 spiro atoms. The second-order valence-electron chi connectivity index (χ2n) is 3.10. The predicted molar refractivity (Wildman–Crippen MR) is 79.9 cm³/mol. The second-order valence-corrected chi connectivity index (χ2v) is 8.43. The Morgan fingerprint density at radius 3 is 2.25 bits per heavy atom. The van der Waals surface area contributed by atoms with Gasteiger partial charge in [-0.05, 0) is 66.8 Å². The van der Waals surface area contributed by atoms with Gasteiger partial charge in [0.1, 0.15) is 0 Å². The summed E-state index contributed by atoms with van der Waals surface area (Å²) >= 11 is 13.1. The summed E-state index contributed by atoms with van der Waals surface area (Å²) in [4.78, 5) is 14.8. The van der Waals surface area contributed by atoms with Crippen molar-refractivity contribution in [2.75, 3.05) is 0 Å². The van der Waals surface area contributed by atoms with E-state index in [9.17, 15) is 4.79 Å². The molecule has 0 aliphatic rings. The fourth-order valence-corrected chi connectivity index (χ4v) is 5.03. The van der Waals surface area contributed by atoms with Crippen LogP contribution >= 0.6 is 70.5 Å². The monoisotopic (exact) mass is 442 g/mol. The van der Waals surface area contributed by atoms with E-state index in [-0.39, 0.29) is 5.78 Å². The van der Waals surface area contributed by atoms with E-state index in [4.69, 9.17) is 0 Å². The molecule has 2 heterocycles. The molecule has 0 unspecified atom stereocenters. The summed E-state index contributed by atoms with van der Waals surface area (Å²) in [7, 11) is 0. The molecule has 0 saturated heterocycles. The first-order valence-corrected chi connectivity index (χ1v) is 8.25. The van der Waals surface area contributed by atoms with Crippen LogP contribution < -0.4 is 0 Å². The number of carbonyl (C=O) groups excluding carboxylic acids is 1. The normalized spacial score (nSPS) is 10.8. The summed E-state index contributed by atoms with van der Waals surface area (Å²) in [5.74, 6) is 0.0707. The molecule has 1 nitrogen and oxygen atoms in total. The summed E-state index contributed by atoms with van der Waals surface area (Å²) in [5.41, 5.74) is 0. The van der Waals surface area contributed by atoms with Crippen LogP contribution in [0.3, 0.4) is 0 Å². The number of ketones is 1. The summed E-state index contributed by atoms with van der Waals surface area (Å²) in [5, 5.41) is 0. The number of hydrogen-bond acceptors (Lipinski definition) is 3. The number of carbonyl (C=O) groups is 1. The van der Waals surface area contributed by atoms with Crippen LogP contribution in [-0.2, 0) is 0 Å². The van der Waals surface area contributed by atoms with Crippen LogP contribution in [0.4, 0.5) is 0 Å². The van der Waals surface area contributed by atoms with E-state index in [1.807, 2.05) is 19.1 Å². The number of rotatable bonds is 2. The van der Waals surface area contributed by atoms with Crippen molar-refractivity contribution in [1.82, 2.24) is 0 Å². The Bertz CT molecular complexity index is 537. The van der Waals surface area contributed by atoms with Crippen molar-refractivity contribution in [3.63, 3.8) is 0 Å². The van der Waals surface area contributed by atoms with Gasteiger partial charge in [-0.1, -0.05) is 0 Å². The van der Waals surface area contributed by atoms with Crippen molar-refractivity contribution in [3.05, 3.63) is 39.5 Å². The average Bonchev–Trinajstić information content (AvgIpc) is 2.70. The van der Waals surface area contributed by atoms with Crippen molar-refractivity contribution >= 4 is 76.2 Å². The van der Waals surface area contributed by atoms with E-state index in [0.29, 0.717) is 0 Å². The molecule has 0 radical (unpaired) electrons. The van der Waals surface area contributed by atoms with Gasteiger partial charge in [-0.25, -0.2) is 0 Å². The first kappa shape index (κ1) is 13.0. The molecule has 0 fully saturated rings. The maximum atomic E-state index is 12.2. The number of hydrogen-bond donors (Lipinski definition) is 0. The van der Waals surface area contributed by atoms with E-state index in [1.165, 1.54) is 22.7 Å². The molecule has 0 amide bonds. The molecule has 0 aliphatic heterocycles. The molecular formula is C10H5Br3OS2. The second kappa shape index (κ2) is 5.02. The van der Waals surface area contributed by atoms with Crippen molar-refractivity contribution in [3.8, 4) is 0 Å². The molecule has 0 N–H and O–H groups in total. The zero-order valence-corrected chi connectivity index (χ0v) is 14.4. The van der Waals surface area contributed by atoms with Gasteiger partial charge < -0.3 is 0 Å². The van der Waals surface area contributed by atoms with Crippen LogP contribution in [0.15, 0.2) is 24.9 Å². The Kier molecular flexibility index (Phi) is 4.06. The molecule has 84 valence electrons. The summed E-state index contributed by atoms with van der Waals surface area (Å²) < 4.78 is 2.74. The van der Waals surface area contributed by atoms with Crippen LogP contribution in [0.2, 0.25) is 0 Å².